The highest BCUT2D eigenvalue weighted by molar-refractivity contribution is 7.18. The van der Waals surface area contributed by atoms with Gasteiger partial charge >= 0.3 is 0 Å². The standard InChI is InChI=1S/C23H27N3O4S/c1-15-16(2)31-21-20(15)22(28)26(14-24-21)13-23(29)8-10-25(11-9-23)19(27)12-17-4-6-18(30-3)7-5-17/h4-7,14,29H,8-13H2,1-3H3. The lowest BCUT2D eigenvalue weighted by molar-refractivity contribution is -0.135. The highest BCUT2D eigenvalue weighted by atomic mass is 32.1. The summed E-state index contributed by atoms with van der Waals surface area (Å²) in [4.78, 5) is 33.7. The Labute approximate surface area is 184 Å². The van der Waals surface area contributed by atoms with Crippen molar-refractivity contribution in [3.8, 4) is 5.75 Å². The number of carbonyl (C=O) groups is 1. The number of hydrogen-bond acceptors (Lipinski definition) is 6. The van der Waals surface area contributed by atoms with E-state index in [2.05, 4.69) is 4.98 Å². The van der Waals surface area contributed by atoms with Gasteiger partial charge in [-0.25, -0.2) is 4.98 Å². The predicted molar refractivity (Wildman–Crippen MR) is 121 cm³/mol. The Morgan fingerprint density at radius 2 is 1.90 bits per heavy atom. The number of rotatable bonds is 5. The minimum Gasteiger partial charge on any atom is -0.497 e. The molecule has 1 aliphatic rings. The fourth-order valence-electron chi connectivity index (χ4n) is 4.06. The molecule has 4 rings (SSSR count). The van der Waals surface area contributed by atoms with E-state index >= 15 is 0 Å². The molecular weight excluding hydrogens is 414 g/mol. The summed E-state index contributed by atoms with van der Waals surface area (Å²) in [5, 5.41) is 11.7. The Bertz CT molecular complexity index is 1160. The number of thiophene rings is 1. The molecule has 1 aliphatic heterocycles. The SMILES string of the molecule is COc1ccc(CC(=O)N2CCC(O)(Cn3cnc4sc(C)c(C)c4c3=O)CC2)cc1. The number of likely N-dealkylation sites (tertiary alicyclic amines) is 1. The summed E-state index contributed by atoms with van der Waals surface area (Å²) in [6.07, 6.45) is 2.69. The first-order valence-electron chi connectivity index (χ1n) is 10.4. The molecule has 0 radical (unpaired) electrons. The minimum absolute atomic E-state index is 0.0387. The van der Waals surface area contributed by atoms with E-state index < -0.39 is 5.60 Å². The van der Waals surface area contributed by atoms with Crippen LogP contribution in [0.5, 0.6) is 5.75 Å². The van der Waals surface area contributed by atoms with Crippen LogP contribution in [0.4, 0.5) is 0 Å². The molecule has 3 heterocycles. The average Bonchev–Trinajstić information content (AvgIpc) is 3.05. The topological polar surface area (TPSA) is 84.7 Å². The van der Waals surface area contributed by atoms with Crippen molar-refractivity contribution < 1.29 is 14.6 Å². The normalized spacial score (nSPS) is 15.9. The van der Waals surface area contributed by atoms with Gasteiger partial charge in [-0.15, -0.1) is 11.3 Å². The summed E-state index contributed by atoms with van der Waals surface area (Å²) in [7, 11) is 1.61. The summed E-state index contributed by atoms with van der Waals surface area (Å²) in [6.45, 7) is 5.03. The van der Waals surface area contributed by atoms with Crippen LogP contribution >= 0.6 is 11.3 Å². The van der Waals surface area contributed by atoms with Gasteiger partial charge in [0.25, 0.3) is 5.56 Å². The van der Waals surface area contributed by atoms with Crippen molar-refractivity contribution in [2.24, 2.45) is 0 Å². The number of piperidine rings is 1. The lowest BCUT2D eigenvalue weighted by Crippen LogP contribution is -2.50. The number of ether oxygens (including phenoxy) is 1. The first-order chi connectivity index (χ1) is 14.8. The zero-order valence-electron chi connectivity index (χ0n) is 18.1. The smallest absolute Gasteiger partial charge is 0.262 e. The van der Waals surface area contributed by atoms with Gasteiger partial charge in [0.05, 0.1) is 37.4 Å². The summed E-state index contributed by atoms with van der Waals surface area (Å²) in [5.74, 6) is 0.798. The Balaban J connectivity index is 1.41. The third-order valence-corrected chi connectivity index (χ3v) is 7.30. The van der Waals surface area contributed by atoms with Crippen LogP contribution in [-0.2, 0) is 17.8 Å². The molecule has 0 aliphatic carbocycles. The van der Waals surface area contributed by atoms with Gasteiger partial charge in [-0.3, -0.25) is 14.2 Å². The van der Waals surface area contributed by atoms with Crippen molar-refractivity contribution in [1.29, 1.82) is 0 Å². The molecule has 31 heavy (non-hydrogen) atoms. The van der Waals surface area contributed by atoms with Crippen LogP contribution in [0.15, 0.2) is 35.4 Å². The zero-order valence-corrected chi connectivity index (χ0v) is 18.9. The summed E-state index contributed by atoms with van der Waals surface area (Å²) in [5.41, 5.74) is 0.741. The second-order valence-corrected chi connectivity index (χ2v) is 9.47. The number of amides is 1. The quantitative estimate of drug-likeness (QED) is 0.658. The van der Waals surface area contributed by atoms with E-state index in [1.165, 1.54) is 22.2 Å². The number of aryl methyl sites for hydroxylation is 2. The molecule has 164 valence electrons. The Morgan fingerprint density at radius 1 is 1.23 bits per heavy atom. The van der Waals surface area contributed by atoms with Crippen LogP contribution < -0.4 is 10.3 Å². The second-order valence-electron chi connectivity index (χ2n) is 8.27. The zero-order chi connectivity index (χ0) is 22.2. The Morgan fingerprint density at radius 3 is 2.55 bits per heavy atom. The maximum absolute atomic E-state index is 12.9. The van der Waals surface area contributed by atoms with Gasteiger partial charge in [0.15, 0.2) is 0 Å². The summed E-state index contributed by atoms with van der Waals surface area (Å²) < 4.78 is 6.66. The first kappa shape index (κ1) is 21.5. The monoisotopic (exact) mass is 441 g/mol. The Kier molecular flexibility index (Phi) is 5.85. The molecule has 0 atom stereocenters. The van der Waals surface area contributed by atoms with Crippen LogP contribution in [0.3, 0.4) is 0 Å². The molecule has 1 saturated heterocycles. The van der Waals surface area contributed by atoms with Gasteiger partial charge in [-0.05, 0) is 49.9 Å². The lowest BCUT2D eigenvalue weighted by Gasteiger charge is -2.38. The first-order valence-corrected chi connectivity index (χ1v) is 11.2. The molecule has 0 unspecified atom stereocenters. The molecule has 8 heteroatoms. The van der Waals surface area contributed by atoms with Crippen molar-refractivity contribution in [3.05, 3.63) is 57.0 Å². The van der Waals surface area contributed by atoms with Crippen molar-refractivity contribution in [3.63, 3.8) is 0 Å². The van der Waals surface area contributed by atoms with Gasteiger partial charge < -0.3 is 14.7 Å². The van der Waals surface area contributed by atoms with Gasteiger partial charge in [-0.1, -0.05) is 12.1 Å². The summed E-state index contributed by atoms with van der Waals surface area (Å²) >= 11 is 1.51. The number of nitrogens with zero attached hydrogens (tertiary/aromatic N) is 3. The van der Waals surface area contributed by atoms with Gasteiger partial charge in [0, 0.05) is 18.0 Å². The van der Waals surface area contributed by atoms with E-state index in [0.717, 1.165) is 26.6 Å². The highest BCUT2D eigenvalue weighted by Crippen LogP contribution is 2.27. The van der Waals surface area contributed by atoms with Crippen LogP contribution in [0, 0.1) is 13.8 Å². The molecule has 2 aromatic heterocycles. The summed E-state index contributed by atoms with van der Waals surface area (Å²) in [6, 6.07) is 7.47. The predicted octanol–water partition coefficient (Wildman–Crippen LogP) is 2.68. The number of fused-ring (bicyclic) bond motifs is 1. The number of aliphatic hydroxyl groups is 1. The highest BCUT2D eigenvalue weighted by Gasteiger charge is 2.34. The van der Waals surface area contributed by atoms with E-state index in [0.29, 0.717) is 37.7 Å². The fraction of sp³-hybridized carbons (Fsp3) is 0.435. The van der Waals surface area contributed by atoms with Gasteiger partial charge in [-0.2, -0.15) is 0 Å². The van der Waals surface area contributed by atoms with Crippen LogP contribution in [0.1, 0.15) is 28.8 Å². The molecule has 0 bridgehead atoms. The third-order valence-electron chi connectivity index (χ3n) is 6.18. The number of methoxy groups -OCH3 is 1. The van der Waals surface area contributed by atoms with E-state index in [1.54, 1.807) is 12.0 Å². The number of benzene rings is 1. The molecule has 3 aromatic rings. The van der Waals surface area contributed by atoms with Crippen LogP contribution in [-0.4, -0.2) is 51.3 Å². The second kappa shape index (κ2) is 8.43. The Hall–Kier alpha value is -2.71. The molecular formula is C23H27N3O4S. The van der Waals surface area contributed by atoms with Gasteiger partial charge in [0.1, 0.15) is 10.6 Å². The molecule has 0 spiro atoms. The third kappa shape index (κ3) is 4.36. The fourth-order valence-corrected chi connectivity index (χ4v) is 5.05. The maximum Gasteiger partial charge on any atom is 0.262 e. The lowest BCUT2D eigenvalue weighted by atomic mass is 9.91. The number of aromatic nitrogens is 2. The van der Waals surface area contributed by atoms with E-state index in [4.69, 9.17) is 4.74 Å². The average molecular weight is 442 g/mol. The molecule has 7 nitrogen and oxygen atoms in total. The minimum atomic E-state index is -1.03. The molecule has 1 amide bonds. The van der Waals surface area contributed by atoms with Crippen molar-refractivity contribution >= 4 is 27.5 Å². The van der Waals surface area contributed by atoms with Gasteiger partial charge in [0.2, 0.25) is 5.91 Å². The van der Waals surface area contributed by atoms with E-state index in [9.17, 15) is 14.7 Å². The van der Waals surface area contributed by atoms with Crippen LogP contribution in [0.25, 0.3) is 10.2 Å². The molecule has 0 saturated carbocycles. The van der Waals surface area contributed by atoms with Crippen molar-refractivity contribution in [1.82, 2.24) is 14.5 Å². The van der Waals surface area contributed by atoms with Crippen molar-refractivity contribution in [2.75, 3.05) is 20.2 Å². The maximum atomic E-state index is 12.9. The number of carbonyl (C=O) groups excluding carboxylic acids is 1. The van der Waals surface area contributed by atoms with Crippen LogP contribution in [0.2, 0.25) is 0 Å². The largest absolute Gasteiger partial charge is 0.497 e. The molecule has 1 aromatic carbocycles. The number of hydrogen-bond donors (Lipinski definition) is 1. The van der Waals surface area contributed by atoms with Crippen molar-refractivity contribution in [2.45, 2.75) is 45.3 Å². The molecule has 1 fully saturated rings. The molecule has 1 N–H and O–H groups in total. The van der Waals surface area contributed by atoms with E-state index in [-0.39, 0.29) is 18.0 Å². The van der Waals surface area contributed by atoms with E-state index in [1.807, 2.05) is 38.1 Å².